The molecule has 0 saturated carbocycles. The van der Waals surface area contributed by atoms with Crippen molar-refractivity contribution >= 4 is 17.7 Å². The molecule has 2 aliphatic heterocycles. The molecule has 1 aromatic carbocycles. The van der Waals surface area contributed by atoms with Crippen molar-refractivity contribution in [3.05, 3.63) is 59.5 Å². The minimum Gasteiger partial charge on any atom is -0.467 e. The van der Waals surface area contributed by atoms with Gasteiger partial charge < -0.3 is 14.2 Å². The standard InChI is InChI=1S/C22H25N3O4/c1-15(25-21(27)18-7-3-4-8-19(18)22(25)28)20(26)24(14-17-6-5-13-29-17)16-9-11-23(2)12-10-16/h3-8,13,15-16H,9-12,14H2,1-2H3. The Morgan fingerprint density at radius 1 is 1.10 bits per heavy atom. The molecule has 0 N–H and O–H groups in total. The van der Waals surface area contributed by atoms with Crippen LogP contribution in [0.1, 0.15) is 46.2 Å². The summed E-state index contributed by atoms with van der Waals surface area (Å²) in [5, 5.41) is 0. The van der Waals surface area contributed by atoms with Crippen molar-refractivity contribution in [1.82, 2.24) is 14.7 Å². The lowest BCUT2D eigenvalue weighted by molar-refractivity contribution is -0.139. The van der Waals surface area contributed by atoms with Gasteiger partial charge in [0.05, 0.1) is 23.9 Å². The van der Waals surface area contributed by atoms with Crippen LogP contribution in [0.25, 0.3) is 0 Å². The highest BCUT2D eigenvalue weighted by molar-refractivity contribution is 6.22. The van der Waals surface area contributed by atoms with Crippen molar-refractivity contribution in [2.24, 2.45) is 0 Å². The summed E-state index contributed by atoms with van der Waals surface area (Å²) in [6, 6.07) is 9.50. The molecule has 3 heterocycles. The van der Waals surface area contributed by atoms with Gasteiger partial charge in [-0.25, -0.2) is 0 Å². The molecule has 0 radical (unpaired) electrons. The molecule has 2 aliphatic rings. The lowest BCUT2D eigenvalue weighted by Gasteiger charge is -2.39. The lowest BCUT2D eigenvalue weighted by atomic mass is 10.0. The summed E-state index contributed by atoms with van der Waals surface area (Å²) in [5.74, 6) is -0.363. The molecular formula is C22H25N3O4. The third-order valence-electron chi connectivity index (χ3n) is 5.89. The maximum Gasteiger partial charge on any atom is 0.262 e. The van der Waals surface area contributed by atoms with Gasteiger partial charge in [-0.2, -0.15) is 0 Å². The number of likely N-dealkylation sites (tertiary alicyclic amines) is 1. The van der Waals surface area contributed by atoms with Crippen molar-refractivity contribution in [3.63, 3.8) is 0 Å². The monoisotopic (exact) mass is 395 g/mol. The van der Waals surface area contributed by atoms with Gasteiger partial charge in [-0.3, -0.25) is 19.3 Å². The smallest absolute Gasteiger partial charge is 0.262 e. The largest absolute Gasteiger partial charge is 0.467 e. The summed E-state index contributed by atoms with van der Waals surface area (Å²) in [5.41, 5.74) is 0.711. The number of hydrogen-bond acceptors (Lipinski definition) is 5. The van der Waals surface area contributed by atoms with E-state index < -0.39 is 17.9 Å². The van der Waals surface area contributed by atoms with Gasteiger partial charge in [0.25, 0.3) is 11.8 Å². The van der Waals surface area contributed by atoms with Crippen LogP contribution in [-0.2, 0) is 11.3 Å². The van der Waals surface area contributed by atoms with Crippen LogP contribution >= 0.6 is 0 Å². The van der Waals surface area contributed by atoms with E-state index in [4.69, 9.17) is 4.42 Å². The number of hydrogen-bond donors (Lipinski definition) is 0. The van der Waals surface area contributed by atoms with E-state index in [0.29, 0.717) is 23.4 Å². The van der Waals surface area contributed by atoms with E-state index in [-0.39, 0.29) is 11.9 Å². The number of piperidine rings is 1. The van der Waals surface area contributed by atoms with Gasteiger partial charge >= 0.3 is 0 Å². The molecule has 1 aromatic heterocycles. The molecule has 0 bridgehead atoms. The van der Waals surface area contributed by atoms with Crippen LogP contribution in [0.5, 0.6) is 0 Å². The molecule has 2 aromatic rings. The number of carbonyl (C=O) groups is 3. The van der Waals surface area contributed by atoms with Gasteiger partial charge in [-0.1, -0.05) is 12.1 Å². The summed E-state index contributed by atoms with van der Waals surface area (Å²) in [4.78, 5) is 44.3. The first-order valence-electron chi connectivity index (χ1n) is 9.95. The Balaban J connectivity index is 1.58. The van der Waals surface area contributed by atoms with E-state index in [1.54, 1.807) is 48.4 Å². The Morgan fingerprint density at radius 3 is 2.28 bits per heavy atom. The third-order valence-corrected chi connectivity index (χ3v) is 5.89. The molecule has 1 saturated heterocycles. The highest BCUT2D eigenvalue weighted by Gasteiger charge is 2.43. The Bertz CT molecular complexity index is 881. The van der Waals surface area contributed by atoms with Crippen LogP contribution in [0, 0.1) is 0 Å². The molecule has 0 aliphatic carbocycles. The molecule has 152 valence electrons. The van der Waals surface area contributed by atoms with Crippen molar-refractivity contribution < 1.29 is 18.8 Å². The topological polar surface area (TPSA) is 74.1 Å². The summed E-state index contributed by atoms with van der Waals surface area (Å²) < 4.78 is 5.47. The highest BCUT2D eigenvalue weighted by Crippen LogP contribution is 2.27. The fourth-order valence-corrected chi connectivity index (χ4v) is 4.17. The predicted octanol–water partition coefficient (Wildman–Crippen LogP) is 2.39. The molecule has 0 spiro atoms. The summed E-state index contributed by atoms with van der Waals surface area (Å²) in [6.07, 6.45) is 3.27. The lowest BCUT2D eigenvalue weighted by Crippen LogP contribution is -2.54. The number of nitrogens with zero attached hydrogens (tertiary/aromatic N) is 3. The molecule has 1 atom stereocenters. The molecule has 7 nitrogen and oxygen atoms in total. The Morgan fingerprint density at radius 2 is 1.72 bits per heavy atom. The van der Waals surface area contributed by atoms with Gasteiger partial charge in [0.15, 0.2) is 0 Å². The molecule has 3 amide bonds. The van der Waals surface area contributed by atoms with Gasteiger partial charge in [0.1, 0.15) is 11.8 Å². The minimum absolute atomic E-state index is 0.0430. The van der Waals surface area contributed by atoms with E-state index in [1.807, 2.05) is 6.07 Å². The number of furan rings is 1. The SMILES string of the molecule is CC(C(=O)N(Cc1ccco1)C1CCN(C)CC1)N1C(=O)c2ccccc2C1=O. The number of benzene rings is 1. The average molecular weight is 395 g/mol. The van der Waals surface area contributed by atoms with Crippen LogP contribution in [0.4, 0.5) is 0 Å². The van der Waals surface area contributed by atoms with Gasteiger partial charge in [-0.15, -0.1) is 0 Å². The third kappa shape index (κ3) is 3.58. The Labute approximate surface area is 169 Å². The van der Waals surface area contributed by atoms with E-state index in [2.05, 4.69) is 11.9 Å². The molecule has 1 unspecified atom stereocenters. The molecule has 7 heteroatoms. The van der Waals surface area contributed by atoms with Gasteiger partial charge in [0, 0.05) is 6.04 Å². The van der Waals surface area contributed by atoms with E-state index in [0.717, 1.165) is 30.8 Å². The van der Waals surface area contributed by atoms with Crippen molar-refractivity contribution in [2.45, 2.75) is 38.4 Å². The zero-order valence-electron chi connectivity index (χ0n) is 16.7. The fraction of sp³-hybridized carbons (Fsp3) is 0.409. The number of amides is 3. The number of fused-ring (bicyclic) bond motifs is 1. The zero-order valence-corrected chi connectivity index (χ0v) is 16.7. The maximum atomic E-state index is 13.5. The van der Waals surface area contributed by atoms with Gasteiger partial charge in [-0.05, 0) is 64.2 Å². The van der Waals surface area contributed by atoms with Crippen LogP contribution in [0.2, 0.25) is 0 Å². The van der Waals surface area contributed by atoms with Crippen LogP contribution in [0.15, 0.2) is 47.1 Å². The Kier molecular flexibility index (Phi) is 5.24. The highest BCUT2D eigenvalue weighted by atomic mass is 16.3. The van der Waals surface area contributed by atoms with E-state index >= 15 is 0 Å². The van der Waals surface area contributed by atoms with Gasteiger partial charge in [0.2, 0.25) is 5.91 Å². The normalized spacial score (nSPS) is 18.8. The predicted molar refractivity (Wildman–Crippen MR) is 106 cm³/mol. The van der Waals surface area contributed by atoms with Crippen LogP contribution in [0.3, 0.4) is 0 Å². The Hall–Kier alpha value is -2.93. The second kappa shape index (κ2) is 7.83. The van der Waals surface area contributed by atoms with Crippen molar-refractivity contribution in [1.29, 1.82) is 0 Å². The summed E-state index contributed by atoms with van der Waals surface area (Å²) >= 11 is 0. The number of carbonyl (C=O) groups excluding carboxylic acids is 3. The van der Waals surface area contributed by atoms with Crippen LogP contribution in [-0.4, -0.2) is 64.6 Å². The first-order chi connectivity index (χ1) is 14.0. The first kappa shape index (κ1) is 19.4. The van der Waals surface area contributed by atoms with E-state index in [9.17, 15) is 14.4 Å². The second-order valence-electron chi connectivity index (χ2n) is 7.78. The minimum atomic E-state index is -0.878. The maximum absolute atomic E-state index is 13.5. The number of imide groups is 1. The quantitative estimate of drug-likeness (QED) is 0.727. The number of rotatable bonds is 5. The fourth-order valence-electron chi connectivity index (χ4n) is 4.17. The van der Waals surface area contributed by atoms with E-state index in [1.165, 1.54) is 0 Å². The molecule has 4 rings (SSSR count). The van der Waals surface area contributed by atoms with Crippen LogP contribution < -0.4 is 0 Å². The molecule has 29 heavy (non-hydrogen) atoms. The average Bonchev–Trinajstić information content (AvgIpc) is 3.33. The first-order valence-corrected chi connectivity index (χ1v) is 9.95. The molecular weight excluding hydrogens is 370 g/mol. The zero-order chi connectivity index (χ0) is 20.5. The second-order valence-corrected chi connectivity index (χ2v) is 7.78. The summed E-state index contributed by atoms with van der Waals surface area (Å²) in [7, 11) is 2.07. The van der Waals surface area contributed by atoms with Crippen molar-refractivity contribution in [3.8, 4) is 0 Å². The summed E-state index contributed by atoms with van der Waals surface area (Å²) in [6.45, 7) is 3.75. The molecule has 1 fully saturated rings. The van der Waals surface area contributed by atoms with Crippen molar-refractivity contribution in [2.75, 3.05) is 20.1 Å².